The molecule has 3 aromatic rings. The molecular formula is C24H26Cl2N6O2S. The minimum Gasteiger partial charge on any atom is -0.368 e. The fourth-order valence-electron chi connectivity index (χ4n) is 2.91. The van der Waals surface area contributed by atoms with E-state index in [1.165, 1.54) is 18.7 Å². The third kappa shape index (κ3) is 9.64. The Morgan fingerprint density at radius 1 is 0.800 bits per heavy atom. The third-order valence-electron chi connectivity index (χ3n) is 4.57. The first-order chi connectivity index (χ1) is 16.9. The van der Waals surface area contributed by atoms with Crippen LogP contribution in [0.1, 0.15) is 6.92 Å². The van der Waals surface area contributed by atoms with Crippen molar-refractivity contribution in [2.24, 2.45) is 0 Å². The lowest BCUT2D eigenvalue weighted by molar-refractivity contribution is -0.119. The summed E-state index contributed by atoms with van der Waals surface area (Å²) in [6, 6.07) is 16.4. The lowest BCUT2D eigenvalue weighted by atomic mass is 10.2. The third-order valence-corrected chi connectivity index (χ3v) is 6.09. The average molecular weight is 533 g/mol. The van der Waals surface area contributed by atoms with E-state index in [0.717, 1.165) is 10.5 Å². The number of nitrogens with one attached hydrogen (secondary N) is 4. The monoisotopic (exact) mass is 532 g/mol. The number of hydrogen-bond acceptors (Lipinski definition) is 7. The van der Waals surface area contributed by atoms with E-state index < -0.39 is 0 Å². The van der Waals surface area contributed by atoms with Gasteiger partial charge in [0, 0.05) is 59.7 Å². The highest BCUT2D eigenvalue weighted by atomic mass is 35.5. The second-order valence-corrected chi connectivity index (χ2v) is 9.32. The number of carbonyl (C=O) groups excluding carboxylic acids is 2. The number of benzene rings is 2. The number of hydrogen-bond donors (Lipinski definition) is 4. The summed E-state index contributed by atoms with van der Waals surface area (Å²) in [4.78, 5) is 33.4. The highest BCUT2D eigenvalue weighted by Gasteiger charge is 2.08. The van der Waals surface area contributed by atoms with E-state index in [1.807, 2.05) is 24.3 Å². The summed E-state index contributed by atoms with van der Waals surface area (Å²) in [7, 11) is 0. The molecule has 1 aromatic heterocycles. The Balaban J connectivity index is 1.54. The fraction of sp³-hybridized carbons (Fsp3) is 0.250. The van der Waals surface area contributed by atoms with Crippen LogP contribution >= 0.6 is 35.0 Å². The molecule has 0 atom stereocenters. The molecule has 35 heavy (non-hydrogen) atoms. The number of aromatic nitrogens is 2. The van der Waals surface area contributed by atoms with Crippen LogP contribution in [0, 0.1) is 0 Å². The summed E-state index contributed by atoms with van der Waals surface area (Å²) in [5, 5.41) is 13.3. The van der Waals surface area contributed by atoms with E-state index in [1.54, 1.807) is 30.3 Å². The van der Waals surface area contributed by atoms with Gasteiger partial charge >= 0.3 is 0 Å². The number of rotatable bonds is 12. The highest BCUT2D eigenvalue weighted by Crippen LogP contribution is 2.22. The van der Waals surface area contributed by atoms with Crippen LogP contribution in [0.15, 0.2) is 59.5 Å². The molecule has 8 nitrogen and oxygen atoms in total. The SMILES string of the molecule is CC(=O)NCCNc1cc(NCCNC(=O)CSc2ccc(Cl)cc2)nc(-c2ccc(Cl)cc2)n1. The van der Waals surface area contributed by atoms with Gasteiger partial charge in [-0.05, 0) is 48.5 Å². The van der Waals surface area contributed by atoms with E-state index >= 15 is 0 Å². The number of nitrogens with zero attached hydrogens (tertiary/aromatic N) is 2. The van der Waals surface area contributed by atoms with Crippen LogP contribution in [-0.2, 0) is 9.59 Å². The number of carbonyl (C=O) groups is 2. The molecule has 3 rings (SSSR count). The highest BCUT2D eigenvalue weighted by molar-refractivity contribution is 8.00. The molecule has 2 amide bonds. The quantitative estimate of drug-likeness (QED) is 0.203. The van der Waals surface area contributed by atoms with E-state index in [-0.39, 0.29) is 11.8 Å². The Bertz CT molecular complexity index is 1130. The maximum Gasteiger partial charge on any atom is 0.230 e. The van der Waals surface area contributed by atoms with Crippen molar-refractivity contribution >= 4 is 58.4 Å². The molecule has 0 aliphatic rings. The van der Waals surface area contributed by atoms with Gasteiger partial charge in [-0.15, -0.1) is 11.8 Å². The van der Waals surface area contributed by atoms with E-state index in [0.29, 0.717) is 59.4 Å². The molecule has 0 fully saturated rings. The molecule has 0 aliphatic heterocycles. The van der Waals surface area contributed by atoms with Gasteiger partial charge in [0.1, 0.15) is 11.6 Å². The summed E-state index contributed by atoms with van der Waals surface area (Å²) in [5.41, 5.74) is 0.815. The molecule has 0 saturated carbocycles. The molecule has 0 radical (unpaired) electrons. The first-order valence-corrected chi connectivity index (χ1v) is 12.7. The van der Waals surface area contributed by atoms with Crippen LogP contribution in [0.3, 0.4) is 0 Å². The van der Waals surface area contributed by atoms with Gasteiger partial charge in [-0.3, -0.25) is 9.59 Å². The standard InChI is InChI=1S/C24H26Cl2N6O2S/c1-16(33)27-10-11-28-21-14-22(32-24(31-21)17-2-4-18(25)5-3-17)29-12-13-30-23(34)15-35-20-8-6-19(26)7-9-20/h2-9,14H,10-13,15H2,1H3,(H,27,33)(H,30,34)(H2,28,29,31,32). The number of thioether (sulfide) groups is 1. The Morgan fingerprint density at radius 2 is 1.34 bits per heavy atom. The zero-order chi connectivity index (χ0) is 25.0. The van der Waals surface area contributed by atoms with E-state index in [9.17, 15) is 9.59 Å². The van der Waals surface area contributed by atoms with Gasteiger partial charge in [-0.1, -0.05) is 23.2 Å². The topological polar surface area (TPSA) is 108 Å². The first kappa shape index (κ1) is 26.6. The van der Waals surface area contributed by atoms with Gasteiger partial charge < -0.3 is 21.3 Å². The van der Waals surface area contributed by atoms with E-state index in [4.69, 9.17) is 23.2 Å². The maximum absolute atomic E-state index is 12.1. The Hall–Kier alpha value is -3.01. The average Bonchev–Trinajstić information content (AvgIpc) is 2.84. The van der Waals surface area contributed by atoms with Crippen LogP contribution in [-0.4, -0.2) is 53.7 Å². The minimum atomic E-state index is -0.0905. The molecule has 11 heteroatoms. The molecule has 0 bridgehead atoms. The van der Waals surface area contributed by atoms with Crippen LogP contribution in [0.4, 0.5) is 11.6 Å². The predicted molar refractivity (Wildman–Crippen MR) is 143 cm³/mol. The summed E-state index contributed by atoms with van der Waals surface area (Å²) in [5.74, 6) is 1.91. The van der Waals surface area contributed by atoms with Gasteiger partial charge in [0.05, 0.1) is 5.75 Å². The van der Waals surface area contributed by atoms with Crippen LogP contribution in [0.2, 0.25) is 10.0 Å². The van der Waals surface area contributed by atoms with Crippen molar-refractivity contribution < 1.29 is 9.59 Å². The second-order valence-electron chi connectivity index (χ2n) is 7.40. The number of halogens is 2. The summed E-state index contributed by atoms with van der Waals surface area (Å²) in [6.45, 7) is 3.38. The largest absolute Gasteiger partial charge is 0.368 e. The molecule has 1 heterocycles. The van der Waals surface area contributed by atoms with Gasteiger partial charge in [-0.2, -0.15) is 0 Å². The van der Waals surface area contributed by atoms with Crippen molar-refractivity contribution in [2.75, 3.05) is 42.6 Å². The van der Waals surface area contributed by atoms with Crippen molar-refractivity contribution in [3.8, 4) is 11.4 Å². The Labute approximate surface area is 218 Å². The molecular weight excluding hydrogens is 507 g/mol. The first-order valence-electron chi connectivity index (χ1n) is 10.9. The second kappa shape index (κ2) is 13.8. The Kier molecular flexibility index (Phi) is 10.5. The van der Waals surface area contributed by atoms with Crippen molar-refractivity contribution in [1.29, 1.82) is 0 Å². The predicted octanol–water partition coefficient (Wildman–Crippen LogP) is 4.32. The minimum absolute atomic E-state index is 0.0587. The van der Waals surface area contributed by atoms with Gasteiger partial charge in [0.25, 0.3) is 0 Å². The summed E-state index contributed by atoms with van der Waals surface area (Å²) in [6.07, 6.45) is 0. The maximum atomic E-state index is 12.1. The van der Waals surface area contributed by atoms with Crippen LogP contribution < -0.4 is 21.3 Å². The van der Waals surface area contributed by atoms with Gasteiger partial charge in [-0.25, -0.2) is 9.97 Å². The zero-order valence-corrected chi connectivity index (χ0v) is 21.4. The number of amides is 2. The molecule has 2 aromatic carbocycles. The Morgan fingerprint density at radius 3 is 1.91 bits per heavy atom. The van der Waals surface area contributed by atoms with Gasteiger partial charge in [0.2, 0.25) is 11.8 Å². The van der Waals surface area contributed by atoms with Gasteiger partial charge in [0.15, 0.2) is 5.82 Å². The van der Waals surface area contributed by atoms with Crippen molar-refractivity contribution in [1.82, 2.24) is 20.6 Å². The summed E-state index contributed by atoms with van der Waals surface area (Å²) >= 11 is 13.3. The molecule has 4 N–H and O–H groups in total. The number of anilines is 2. The smallest absolute Gasteiger partial charge is 0.230 e. The zero-order valence-electron chi connectivity index (χ0n) is 19.1. The van der Waals surface area contributed by atoms with Crippen molar-refractivity contribution in [3.05, 3.63) is 64.6 Å². The normalized spacial score (nSPS) is 10.5. The molecule has 0 spiro atoms. The van der Waals surface area contributed by atoms with Crippen LogP contribution in [0.25, 0.3) is 11.4 Å². The molecule has 0 aliphatic carbocycles. The lowest BCUT2D eigenvalue weighted by Gasteiger charge is -2.12. The van der Waals surface area contributed by atoms with Crippen molar-refractivity contribution in [2.45, 2.75) is 11.8 Å². The summed E-state index contributed by atoms with van der Waals surface area (Å²) < 4.78 is 0. The van der Waals surface area contributed by atoms with Crippen LogP contribution in [0.5, 0.6) is 0 Å². The molecule has 184 valence electrons. The van der Waals surface area contributed by atoms with E-state index in [2.05, 4.69) is 31.2 Å². The fourth-order valence-corrected chi connectivity index (χ4v) is 3.89. The lowest BCUT2D eigenvalue weighted by Crippen LogP contribution is -2.30. The molecule has 0 unspecified atom stereocenters. The van der Waals surface area contributed by atoms with Crippen molar-refractivity contribution in [3.63, 3.8) is 0 Å². The molecule has 0 saturated heterocycles.